The van der Waals surface area contributed by atoms with Crippen LogP contribution in [0.15, 0.2) is 265 Å². The van der Waals surface area contributed by atoms with Crippen molar-refractivity contribution in [3.63, 3.8) is 0 Å². The van der Waals surface area contributed by atoms with Gasteiger partial charge in [0.15, 0.2) is 0 Å². The van der Waals surface area contributed by atoms with Gasteiger partial charge in [0.05, 0.1) is 0 Å². The van der Waals surface area contributed by atoms with Crippen molar-refractivity contribution in [2.75, 3.05) is 9.80 Å². The number of hydrogen-bond donors (Lipinski definition) is 0. The number of para-hydroxylation sites is 1. The minimum absolute atomic E-state index is 0.0919. The molecule has 3 heterocycles. The Morgan fingerprint density at radius 1 is 0.270 bits per heavy atom. The van der Waals surface area contributed by atoms with Gasteiger partial charge >= 0.3 is 0 Å². The first kappa shape index (κ1) is 41.0. The van der Waals surface area contributed by atoms with Crippen LogP contribution < -0.4 is 26.2 Å². The van der Waals surface area contributed by atoms with Gasteiger partial charge in [-0.25, -0.2) is 0 Å². The Kier molecular flexibility index (Phi) is 8.83. The third-order valence-corrected chi connectivity index (χ3v) is 16.0. The van der Waals surface area contributed by atoms with Crippen LogP contribution in [0.1, 0.15) is 0 Å². The lowest BCUT2D eigenvalue weighted by molar-refractivity contribution is 0.669. The van der Waals surface area contributed by atoms with E-state index in [0.717, 1.165) is 55.8 Å². The van der Waals surface area contributed by atoms with Crippen molar-refractivity contribution >= 4 is 122 Å². The minimum Gasteiger partial charge on any atom is -0.456 e. The van der Waals surface area contributed by atoms with E-state index in [-0.39, 0.29) is 6.71 Å². The summed E-state index contributed by atoms with van der Waals surface area (Å²) in [7, 11) is 0. The first-order valence-electron chi connectivity index (χ1n) is 25.6. The monoisotopic (exact) mass is 938 g/mol. The van der Waals surface area contributed by atoms with Gasteiger partial charge in [-0.2, -0.15) is 0 Å². The molecule has 1 aromatic heterocycles. The molecule has 0 saturated carbocycles. The summed E-state index contributed by atoms with van der Waals surface area (Å²) in [6.45, 7) is -0.0919. The second kappa shape index (κ2) is 15.9. The van der Waals surface area contributed by atoms with Crippen LogP contribution in [0, 0.1) is 0 Å². The van der Waals surface area contributed by atoms with Crippen molar-refractivity contribution in [1.82, 2.24) is 0 Å². The molecule has 74 heavy (non-hydrogen) atoms. The van der Waals surface area contributed by atoms with Gasteiger partial charge in [-0.15, -0.1) is 0 Å². The summed E-state index contributed by atoms with van der Waals surface area (Å²) in [5.74, 6) is 0. The van der Waals surface area contributed by atoms with Crippen LogP contribution in [0.2, 0.25) is 0 Å². The van der Waals surface area contributed by atoms with E-state index in [1.54, 1.807) is 0 Å². The molecule has 14 aromatic rings. The Labute approximate surface area is 428 Å². The summed E-state index contributed by atoms with van der Waals surface area (Å²) in [5.41, 5.74) is 19.6. The number of hydrogen-bond acceptors (Lipinski definition) is 3. The molecular formula is C70H43BN2O. The van der Waals surface area contributed by atoms with E-state index in [0.29, 0.717) is 0 Å². The standard InChI is InChI=1S/C70H43BN2O/c1-3-13-44(14-4-1)46-23-30-52(31-24-46)72-64-42-51(50-29-40-67-61(41-50)58-21-11-12-22-66(58)74-67)43-65-68(64)71(62-38-36-56-54-19-9-7-17-48(54)27-34-59(56)69(62)72)63-39-37-57-55-20-10-8-18-49(55)28-35-60(57)70(63)73(65)53-32-25-47(26-33-53)45-15-5-2-6-16-45/h1-43H. The van der Waals surface area contributed by atoms with Crippen LogP contribution in [0.5, 0.6) is 0 Å². The third-order valence-electron chi connectivity index (χ3n) is 16.0. The Morgan fingerprint density at radius 2 is 0.703 bits per heavy atom. The molecule has 0 amide bonds. The number of furan rings is 1. The van der Waals surface area contributed by atoms with Gasteiger partial charge in [-0.05, 0) is 137 Å². The van der Waals surface area contributed by atoms with E-state index in [9.17, 15) is 0 Å². The van der Waals surface area contributed by atoms with Gasteiger partial charge in [-0.3, -0.25) is 0 Å². The smallest absolute Gasteiger partial charge is 0.252 e. The van der Waals surface area contributed by atoms with Gasteiger partial charge < -0.3 is 14.2 Å². The Balaban J connectivity index is 1.04. The van der Waals surface area contributed by atoms with Crippen LogP contribution in [-0.2, 0) is 0 Å². The second-order valence-corrected chi connectivity index (χ2v) is 19.9. The molecule has 0 radical (unpaired) electrons. The largest absolute Gasteiger partial charge is 0.456 e. The van der Waals surface area contributed by atoms with Gasteiger partial charge in [0.25, 0.3) is 6.71 Å². The van der Waals surface area contributed by atoms with E-state index < -0.39 is 0 Å². The molecule has 0 fully saturated rings. The van der Waals surface area contributed by atoms with Crippen molar-refractivity contribution in [3.8, 4) is 33.4 Å². The molecule has 16 rings (SSSR count). The topological polar surface area (TPSA) is 19.6 Å². The normalized spacial score (nSPS) is 12.8. The molecule has 0 spiro atoms. The maximum atomic E-state index is 6.44. The molecule has 13 aromatic carbocycles. The van der Waals surface area contributed by atoms with Gasteiger partial charge in [0.1, 0.15) is 11.2 Å². The molecule has 4 heteroatoms. The lowest BCUT2D eigenvalue weighted by atomic mass is 9.33. The Hall–Kier alpha value is -9.64. The van der Waals surface area contributed by atoms with Crippen LogP contribution >= 0.6 is 0 Å². The summed E-state index contributed by atoms with van der Waals surface area (Å²) < 4.78 is 6.44. The van der Waals surface area contributed by atoms with Crippen molar-refractivity contribution < 1.29 is 4.42 Å². The number of rotatable bonds is 5. The highest BCUT2D eigenvalue weighted by Gasteiger charge is 2.45. The van der Waals surface area contributed by atoms with Crippen molar-refractivity contribution in [3.05, 3.63) is 261 Å². The zero-order chi connectivity index (χ0) is 48.4. The van der Waals surface area contributed by atoms with E-state index >= 15 is 0 Å². The molecule has 3 nitrogen and oxygen atoms in total. The first-order chi connectivity index (χ1) is 36.7. The second-order valence-electron chi connectivity index (χ2n) is 19.9. The number of fused-ring (bicyclic) bond motifs is 15. The molecule has 0 unspecified atom stereocenters. The van der Waals surface area contributed by atoms with E-state index in [2.05, 4.69) is 265 Å². The molecule has 0 atom stereocenters. The highest BCUT2D eigenvalue weighted by Crippen LogP contribution is 2.50. The average Bonchev–Trinajstić information content (AvgIpc) is 3.85. The van der Waals surface area contributed by atoms with Crippen LogP contribution in [0.3, 0.4) is 0 Å². The van der Waals surface area contributed by atoms with E-state index in [4.69, 9.17) is 4.42 Å². The van der Waals surface area contributed by atoms with Crippen LogP contribution in [-0.4, -0.2) is 6.71 Å². The number of nitrogens with zero attached hydrogens (tertiary/aromatic N) is 2. The quantitative estimate of drug-likeness (QED) is 0.127. The summed E-state index contributed by atoms with van der Waals surface area (Å²) in [5, 5.41) is 12.1. The van der Waals surface area contributed by atoms with Gasteiger partial charge in [0, 0.05) is 55.7 Å². The Bertz CT molecular complexity index is 4370. The molecular weight excluding hydrogens is 896 g/mol. The molecule has 2 aliphatic rings. The highest BCUT2D eigenvalue weighted by molar-refractivity contribution is 7.01. The summed E-state index contributed by atoms with van der Waals surface area (Å²) in [6, 6.07) is 96.6. The molecule has 0 aliphatic carbocycles. The summed E-state index contributed by atoms with van der Waals surface area (Å²) in [4.78, 5) is 5.17. The van der Waals surface area contributed by atoms with E-state index in [1.807, 2.05) is 6.07 Å². The predicted molar refractivity (Wildman–Crippen MR) is 314 cm³/mol. The zero-order valence-electron chi connectivity index (χ0n) is 40.2. The summed E-state index contributed by atoms with van der Waals surface area (Å²) >= 11 is 0. The average molecular weight is 939 g/mol. The fraction of sp³-hybridized carbons (Fsp3) is 0. The molecule has 0 saturated heterocycles. The van der Waals surface area contributed by atoms with E-state index in [1.165, 1.54) is 93.1 Å². The highest BCUT2D eigenvalue weighted by atomic mass is 16.3. The lowest BCUT2D eigenvalue weighted by Gasteiger charge is -2.45. The lowest BCUT2D eigenvalue weighted by Crippen LogP contribution is -2.61. The maximum Gasteiger partial charge on any atom is 0.252 e. The van der Waals surface area contributed by atoms with Crippen molar-refractivity contribution in [2.24, 2.45) is 0 Å². The SMILES string of the molecule is c1ccc(-c2ccc(N3c4cc(-c5ccc6oc7ccccc7c6c5)cc5c4B(c4ccc6c(ccc7ccccc76)c43)c3ccc4c(ccc6ccccc64)c3N5c3ccc(-c4ccccc4)cc3)cc2)cc1. The minimum atomic E-state index is -0.0919. The Morgan fingerprint density at radius 3 is 1.24 bits per heavy atom. The van der Waals surface area contributed by atoms with Gasteiger partial charge in [-0.1, -0.05) is 206 Å². The summed E-state index contributed by atoms with van der Waals surface area (Å²) in [6.07, 6.45) is 0. The zero-order valence-corrected chi connectivity index (χ0v) is 40.2. The van der Waals surface area contributed by atoms with Gasteiger partial charge in [0.2, 0.25) is 0 Å². The van der Waals surface area contributed by atoms with Crippen LogP contribution in [0.4, 0.5) is 34.1 Å². The molecule has 2 aliphatic heterocycles. The molecule has 342 valence electrons. The number of anilines is 6. The van der Waals surface area contributed by atoms with Crippen LogP contribution in [0.25, 0.3) is 98.4 Å². The fourth-order valence-electron chi connectivity index (χ4n) is 12.6. The predicted octanol–water partition coefficient (Wildman–Crippen LogP) is 17.3. The molecule has 0 N–H and O–H groups in total. The number of benzene rings is 13. The molecule has 0 bridgehead atoms. The third kappa shape index (κ3) is 6.09. The maximum absolute atomic E-state index is 6.44. The van der Waals surface area contributed by atoms with Crippen molar-refractivity contribution in [2.45, 2.75) is 0 Å². The van der Waals surface area contributed by atoms with Crippen molar-refractivity contribution in [1.29, 1.82) is 0 Å². The fourth-order valence-corrected chi connectivity index (χ4v) is 12.6. The first-order valence-corrected chi connectivity index (χ1v) is 25.6.